The maximum atomic E-state index is 5.13. The van der Waals surface area contributed by atoms with Crippen LogP contribution in [0.1, 0.15) is 13.3 Å². The molecule has 0 N–H and O–H groups in total. The molecule has 0 spiro atoms. The van der Waals surface area contributed by atoms with Crippen LogP contribution in [-0.4, -0.2) is 76.0 Å². The van der Waals surface area contributed by atoms with Gasteiger partial charge in [0.05, 0.1) is 6.61 Å². The van der Waals surface area contributed by atoms with E-state index in [4.69, 9.17) is 9.47 Å². The van der Waals surface area contributed by atoms with E-state index in [-0.39, 0.29) is 0 Å². The SMILES string of the molecule is COCCCN1CCN(CCOC)C(C)C1. The van der Waals surface area contributed by atoms with Crippen molar-refractivity contribution in [1.29, 1.82) is 0 Å². The van der Waals surface area contributed by atoms with E-state index in [0.29, 0.717) is 6.04 Å². The van der Waals surface area contributed by atoms with E-state index >= 15 is 0 Å². The number of piperazine rings is 1. The lowest BCUT2D eigenvalue weighted by Crippen LogP contribution is -2.52. The summed E-state index contributed by atoms with van der Waals surface area (Å²) in [6.45, 7) is 9.76. The van der Waals surface area contributed by atoms with Gasteiger partial charge in [0.15, 0.2) is 0 Å². The Morgan fingerprint density at radius 2 is 1.81 bits per heavy atom. The molecule has 4 heteroatoms. The Kier molecular flexibility index (Phi) is 6.96. The molecule has 0 aliphatic carbocycles. The van der Waals surface area contributed by atoms with Crippen LogP contribution in [-0.2, 0) is 9.47 Å². The molecule has 1 atom stereocenters. The van der Waals surface area contributed by atoms with E-state index in [0.717, 1.165) is 39.3 Å². The molecule has 1 rings (SSSR count). The second-order valence-corrected chi connectivity index (χ2v) is 4.52. The molecule has 0 saturated carbocycles. The Morgan fingerprint density at radius 3 is 2.44 bits per heavy atom. The van der Waals surface area contributed by atoms with Crippen LogP contribution in [0, 0.1) is 0 Å². The van der Waals surface area contributed by atoms with Crippen LogP contribution in [0.3, 0.4) is 0 Å². The van der Waals surface area contributed by atoms with Gasteiger partial charge < -0.3 is 14.4 Å². The standard InChI is InChI=1S/C12H26N2O2/c1-12-11-13(5-4-9-15-2)6-7-14(12)8-10-16-3/h12H,4-11H2,1-3H3. The zero-order chi connectivity index (χ0) is 11.8. The first-order chi connectivity index (χ1) is 7.77. The van der Waals surface area contributed by atoms with Gasteiger partial charge in [-0.3, -0.25) is 4.90 Å². The Labute approximate surface area is 99.5 Å². The minimum Gasteiger partial charge on any atom is -0.385 e. The highest BCUT2D eigenvalue weighted by molar-refractivity contribution is 4.78. The fraction of sp³-hybridized carbons (Fsp3) is 1.00. The highest BCUT2D eigenvalue weighted by Gasteiger charge is 2.22. The van der Waals surface area contributed by atoms with Crippen LogP contribution in [0.5, 0.6) is 0 Å². The summed E-state index contributed by atoms with van der Waals surface area (Å²) in [7, 11) is 3.54. The number of nitrogens with zero attached hydrogens (tertiary/aromatic N) is 2. The first-order valence-corrected chi connectivity index (χ1v) is 6.22. The van der Waals surface area contributed by atoms with Crippen molar-refractivity contribution in [3.8, 4) is 0 Å². The van der Waals surface area contributed by atoms with Crippen molar-refractivity contribution in [1.82, 2.24) is 9.80 Å². The van der Waals surface area contributed by atoms with E-state index in [1.54, 1.807) is 14.2 Å². The molecule has 0 radical (unpaired) electrons. The molecule has 0 aromatic rings. The molecule has 0 aromatic carbocycles. The Bertz CT molecular complexity index is 178. The van der Waals surface area contributed by atoms with Gasteiger partial charge >= 0.3 is 0 Å². The highest BCUT2D eigenvalue weighted by atomic mass is 16.5. The lowest BCUT2D eigenvalue weighted by atomic mass is 10.2. The summed E-state index contributed by atoms with van der Waals surface area (Å²) in [6.07, 6.45) is 1.14. The Morgan fingerprint density at radius 1 is 1.06 bits per heavy atom. The fourth-order valence-electron chi connectivity index (χ4n) is 2.25. The van der Waals surface area contributed by atoms with Gasteiger partial charge in [-0.25, -0.2) is 0 Å². The monoisotopic (exact) mass is 230 g/mol. The number of hydrogen-bond acceptors (Lipinski definition) is 4. The molecule has 0 amide bonds. The average Bonchev–Trinajstić information content (AvgIpc) is 2.28. The largest absolute Gasteiger partial charge is 0.385 e. The van der Waals surface area contributed by atoms with E-state index < -0.39 is 0 Å². The summed E-state index contributed by atoms with van der Waals surface area (Å²) >= 11 is 0. The van der Waals surface area contributed by atoms with Crippen molar-refractivity contribution in [3.63, 3.8) is 0 Å². The van der Waals surface area contributed by atoms with Crippen LogP contribution in [0.25, 0.3) is 0 Å². The van der Waals surface area contributed by atoms with E-state index in [1.165, 1.54) is 13.1 Å². The van der Waals surface area contributed by atoms with Gasteiger partial charge in [-0.2, -0.15) is 0 Å². The van der Waals surface area contributed by atoms with Gasteiger partial charge in [0.25, 0.3) is 0 Å². The molecule has 1 aliphatic rings. The third kappa shape index (κ3) is 4.78. The van der Waals surface area contributed by atoms with Crippen molar-refractivity contribution < 1.29 is 9.47 Å². The molecule has 1 heterocycles. The lowest BCUT2D eigenvalue weighted by molar-refractivity contribution is 0.0548. The molecule has 1 saturated heterocycles. The number of rotatable bonds is 7. The molecule has 0 bridgehead atoms. The predicted octanol–water partition coefficient (Wildman–Crippen LogP) is 0.675. The van der Waals surface area contributed by atoms with Crippen molar-refractivity contribution in [3.05, 3.63) is 0 Å². The number of methoxy groups -OCH3 is 2. The molecule has 16 heavy (non-hydrogen) atoms. The van der Waals surface area contributed by atoms with Gasteiger partial charge in [0.1, 0.15) is 0 Å². The topological polar surface area (TPSA) is 24.9 Å². The van der Waals surface area contributed by atoms with Gasteiger partial charge in [-0.1, -0.05) is 0 Å². The first-order valence-electron chi connectivity index (χ1n) is 6.22. The van der Waals surface area contributed by atoms with E-state index in [1.807, 2.05) is 0 Å². The summed E-state index contributed by atoms with van der Waals surface area (Å²) < 4.78 is 10.2. The molecule has 1 unspecified atom stereocenters. The highest BCUT2D eigenvalue weighted by Crippen LogP contribution is 2.09. The zero-order valence-electron chi connectivity index (χ0n) is 10.9. The molecule has 4 nitrogen and oxygen atoms in total. The maximum absolute atomic E-state index is 5.13. The predicted molar refractivity (Wildman–Crippen MR) is 65.8 cm³/mol. The second-order valence-electron chi connectivity index (χ2n) is 4.52. The maximum Gasteiger partial charge on any atom is 0.0589 e. The summed E-state index contributed by atoms with van der Waals surface area (Å²) in [5, 5.41) is 0. The first kappa shape index (κ1) is 13.9. The molecule has 1 aliphatic heterocycles. The normalized spacial score (nSPS) is 23.8. The Balaban J connectivity index is 2.17. The third-order valence-electron chi connectivity index (χ3n) is 3.25. The van der Waals surface area contributed by atoms with Crippen LogP contribution >= 0.6 is 0 Å². The summed E-state index contributed by atoms with van der Waals surface area (Å²) in [5.41, 5.74) is 0. The molecule has 0 aromatic heterocycles. The molecule has 1 fully saturated rings. The van der Waals surface area contributed by atoms with Crippen LogP contribution in [0.2, 0.25) is 0 Å². The summed E-state index contributed by atoms with van der Waals surface area (Å²) in [5.74, 6) is 0. The van der Waals surface area contributed by atoms with Gasteiger partial charge in [0.2, 0.25) is 0 Å². The van der Waals surface area contributed by atoms with E-state index in [2.05, 4.69) is 16.7 Å². The van der Waals surface area contributed by atoms with Gasteiger partial charge in [-0.15, -0.1) is 0 Å². The van der Waals surface area contributed by atoms with Crippen LogP contribution in [0.4, 0.5) is 0 Å². The van der Waals surface area contributed by atoms with Crippen molar-refractivity contribution in [2.45, 2.75) is 19.4 Å². The van der Waals surface area contributed by atoms with Crippen molar-refractivity contribution >= 4 is 0 Å². The third-order valence-corrected chi connectivity index (χ3v) is 3.25. The summed E-state index contributed by atoms with van der Waals surface area (Å²) in [6, 6.07) is 0.645. The minimum atomic E-state index is 0.645. The van der Waals surface area contributed by atoms with Crippen molar-refractivity contribution in [2.24, 2.45) is 0 Å². The number of ether oxygens (including phenoxy) is 2. The minimum absolute atomic E-state index is 0.645. The zero-order valence-corrected chi connectivity index (χ0v) is 10.9. The molecular weight excluding hydrogens is 204 g/mol. The second kappa shape index (κ2) is 8.01. The Hall–Kier alpha value is -0.160. The molecule has 96 valence electrons. The summed E-state index contributed by atoms with van der Waals surface area (Å²) in [4.78, 5) is 5.04. The number of hydrogen-bond donors (Lipinski definition) is 0. The van der Waals surface area contributed by atoms with Gasteiger partial charge in [0, 0.05) is 59.6 Å². The lowest BCUT2D eigenvalue weighted by Gasteiger charge is -2.39. The van der Waals surface area contributed by atoms with E-state index in [9.17, 15) is 0 Å². The smallest absolute Gasteiger partial charge is 0.0589 e. The van der Waals surface area contributed by atoms with Gasteiger partial charge in [-0.05, 0) is 13.3 Å². The van der Waals surface area contributed by atoms with Crippen LogP contribution in [0.15, 0.2) is 0 Å². The average molecular weight is 230 g/mol. The van der Waals surface area contributed by atoms with Crippen LogP contribution < -0.4 is 0 Å². The molecular formula is C12H26N2O2. The fourth-order valence-corrected chi connectivity index (χ4v) is 2.25. The quantitative estimate of drug-likeness (QED) is 0.600. The van der Waals surface area contributed by atoms with Crippen molar-refractivity contribution in [2.75, 3.05) is 60.2 Å².